The highest BCUT2D eigenvalue weighted by molar-refractivity contribution is 5.90. The van der Waals surface area contributed by atoms with Gasteiger partial charge in [-0.3, -0.25) is 4.79 Å². The Balaban J connectivity index is 1.68. The van der Waals surface area contributed by atoms with E-state index in [1.54, 1.807) is 12.1 Å². The Hall–Kier alpha value is -1.54. The summed E-state index contributed by atoms with van der Waals surface area (Å²) in [6.45, 7) is 2.71. The normalized spacial score (nSPS) is 21.5. The average Bonchev–Trinajstić information content (AvgIpc) is 2.52. The molecule has 2 rings (SSSR count). The van der Waals surface area contributed by atoms with Crippen LogP contribution in [0.2, 0.25) is 0 Å². The summed E-state index contributed by atoms with van der Waals surface area (Å²) in [5.74, 6) is -0.576. The van der Waals surface area contributed by atoms with Crippen molar-refractivity contribution < 1.29 is 19.0 Å². The maximum atomic E-state index is 13.0. The molecular formula is C15H22FN3O3. The van der Waals surface area contributed by atoms with Crippen LogP contribution in [0.1, 0.15) is 6.42 Å². The van der Waals surface area contributed by atoms with Gasteiger partial charge in [0.2, 0.25) is 5.91 Å². The molecule has 1 saturated heterocycles. The third kappa shape index (κ3) is 5.03. The van der Waals surface area contributed by atoms with E-state index >= 15 is 0 Å². The van der Waals surface area contributed by atoms with Gasteiger partial charge >= 0.3 is 0 Å². The van der Waals surface area contributed by atoms with Crippen LogP contribution < -0.4 is 16.0 Å². The van der Waals surface area contributed by atoms with Crippen molar-refractivity contribution in [1.82, 2.24) is 10.6 Å². The molecule has 1 fully saturated rings. The smallest absolute Gasteiger partial charge is 0.225 e. The Morgan fingerprint density at radius 2 is 2.36 bits per heavy atom. The zero-order valence-electron chi connectivity index (χ0n) is 12.4. The van der Waals surface area contributed by atoms with Crippen molar-refractivity contribution in [2.75, 3.05) is 44.8 Å². The third-order valence-corrected chi connectivity index (χ3v) is 3.53. The van der Waals surface area contributed by atoms with Crippen molar-refractivity contribution in [1.29, 1.82) is 0 Å². The molecule has 1 heterocycles. The molecule has 0 aromatic heterocycles. The second-order valence-electron chi connectivity index (χ2n) is 5.40. The van der Waals surface area contributed by atoms with E-state index in [-0.39, 0.29) is 24.8 Å². The molecule has 1 aliphatic rings. The van der Waals surface area contributed by atoms with Gasteiger partial charge in [-0.15, -0.1) is 0 Å². The van der Waals surface area contributed by atoms with Gasteiger partial charge in [-0.2, -0.15) is 0 Å². The number of morpholine rings is 1. The lowest BCUT2D eigenvalue weighted by molar-refractivity contribution is -0.116. The summed E-state index contributed by atoms with van der Waals surface area (Å²) in [5.41, 5.74) is -0.0451. The quantitative estimate of drug-likeness (QED) is 0.537. The van der Waals surface area contributed by atoms with E-state index in [0.717, 1.165) is 0 Å². The van der Waals surface area contributed by atoms with Crippen molar-refractivity contribution in [3.63, 3.8) is 0 Å². The minimum absolute atomic E-state index is 0.0323. The Labute approximate surface area is 129 Å². The number of amides is 1. The fraction of sp³-hybridized carbons (Fsp3) is 0.533. The third-order valence-electron chi connectivity index (χ3n) is 3.53. The first-order valence-electron chi connectivity index (χ1n) is 7.33. The van der Waals surface area contributed by atoms with Gasteiger partial charge in [0.05, 0.1) is 25.4 Å². The number of hydrogen-bond acceptors (Lipinski definition) is 5. The van der Waals surface area contributed by atoms with E-state index in [9.17, 15) is 14.3 Å². The van der Waals surface area contributed by atoms with Crippen molar-refractivity contribution >= 4 is 11.6 Å². The summed E-state index contributed by atoms with van der Waals surface area (Å²) in [4.78, 5) is 11.8. The van der Waals surface area contributed by atoms with E-state index in [4.69, 9.17) is 4.74 Å². The highest BCUT2D eigenvalue weighted by Gasteiger charge is 2.31. The minimum atomic E-state index is -0.489. The molecule has 0 aliphatic carbocycles. The number of halogens is 1. The van der Waals surface area contributed by atoms with Gasteiger partial charge in [0.1, 0.15) is 5.82 Å². The Morgan fingerprint density at radius 3 is 3.05 bits per heavy atom. The summed E-state index contributed by atoms with van der Waals surface area (Å²) < 4.78 is 18.4. The average molecular weight is 311 g/mol. The van der Waals surface area contributed by atoms with Crippen LogP contribution in [-0.4, -0.2) is 56.0 Å². The second kappa shape index (κ2) is 8.19. The first-order chi connectivity index (χ1) is 10.6. The van der Waals surface area contributed by atoms with Crippen LogP contribution in [0.4, 0.5) is 10.1 Å². The first-order valence-corrected chi connectivity index (χ1v) is 7.33. The van der Waals surface area contributed by atoms with Crippen LogP contribution in [-0.2, 0) is 9.53 Å². The molecule has 0 radical (unpaired) electrons. The molecule has 0 spiro atoms. The van der Waals surface area contributed by atoms with Crippen LogP contribution in [0.25, 0.3) is 0 Å². The number of benzene rings is 1. The molecule has 1 aromatic carbocycles. The number of rotatable bonds is 7. The number of aliphatic hydroxyl groups is 1. The van der Waals surface area contributed by atoms with Crippen LogP contribution in [0.15, 0.2) is 24.3 Å². The molecule has 6 nitrogen and oxygen atoms in total. The van der Waals surface area contributed by atoms with Crippen LogP contribution >= 0.6 is 0 Å². The minimum Gasteiger partial charge on any atom is -0.394 e. The zero-order valence-corrected chi connectivity index (χ0v) is 12.4. The predicted molar refractivity (Wildman–Crippen MR) is 81.2 cm³/mol. The molecule has 1 aliphatic heterocycles. The summed E-state index contributed by atoms with van der Waals surface area (Å²) in [6, 6.07) is 5.78. The number of carbonyl (C=O) groups is 1. The van der Waals surface area contributed by atoms with Gasteiger partial charge in [-0.05, 0) is 18.2 Å². The topological polar surface area (TPSA) is 82.6 Å². The van der Waals surface area contributed by atoms with E-state index in [1.807, 2.05) is 0 Å². The van der Waals surface area contributed by atoms with Gasteiger partial charge in [0, 0.05) is 31.7 Å². The van der Waals surface area contributed by atoms with E-state index in [2.05, 4.69) is 16.0 Å². The second-order valence-corrected chi connectivity index (χ2v) is 5.40. The summed E-state index contributed by atoms with van der Waals surface area (Å²) in [6.07, 6.45) is 0.263. The van der Waals surface area contributed by atoms with Gasteiger partial charge in [0.25, 0.3) is 0 Å². The standard InChI is InChI=1S/C15H22FN3O3/c16-12-2-1-3-13(8-12)19-14(21)4-5-17-9-15(10-20)11-22-7-6-18-15/h1-3,8,17-18,20H,4-7,9-11H2,(H,19,21). The largest absolute Gasteiger partial charge is 0.394 e. The van der Waals surface area contributed by atoms with Crippen molar-refractivity contribution in [3.8, 4) is 0 Å². The number of nitrogens with one attached hydrogen (secondary N) is 3. The van der Waals surface area contributed by atoms with Gasteiger partial charge in [-0.25, -0.2) is 4.39 Å². The number of anilines is 1. The number of ether oxygens (including phenoxy) is 1. The summed E-state index contributed by atoms with van der Waals surface area (Å²) >= 11 is 0. The Kier molecular flexibility index (Phi) is 6.26. The maximum absolute atomic E-state index is 13.0. The lowest BCUT2D eigenvalue weighted by atomic mass is 10.0. The highest BCUT2D eigenvalue weighted by Crippen LogP contribution is 2.09. The van der Waals surface area contributed by atoms with Gasteiger partial charge in [-0.1, -0.05) is 6.07 Å². The van der Waals surface area contributed by atoms with E-state index < -0.39 is 5.54 Å². The molecule has 122 valence electrons. The molecule has 22 heavy (non-hydrogen) atoms. The molecule has 0 saturated carbocycles. The van der Waals surface area contributed by atoms with Crippen molar-refractivity contribution in [3.05, 3.63) is 30.1 Å². The first kappa shape index (κ1) is 16.8. The van der Waals surface area contributed by atoms with Crippen LogP contribution in [0, 0.1) is 5.82 Å². The van der Waals surface area contributed by atoms with Gasteiger partial charge in [0.15, 0.2) is 0 Å². The van der Waals surface area contributed by atoms with E-state index in [0.29, 0.717) is 38.5 Å². The zero-order chi connectivity index (χ0) is 15.8. The predicted octanol–water partition coefficient (Wildman–Crippen LogP) is 0.0948. The molecular weight excluding hydrogens is 289 g/mol. The fourth-order valence-corrected chi connectivity index (χ4v) is 2.30. The van der Waals surface area contributed by atoms with Crippen molar-refractivity contribution in [2.24, 2.45) is 0 Å². The molecule has 1 amide bonds. The van der Waals surface area contributed by atoms with Crippen LogP contribution in [0.3, 0.4) is 0 Å². The van der Waals surface area contributed by atoms with Crippen molar-refractivity contribution in [2.45, 2.75) is 12.0 Å². The molecule has 1 atom stereocenters. The van der Waals surface area contributed by atoms with E-state index in [1.165, 1.54) is 12.1 Å². The van der Waals surface area contributed by atoms with Gasteiger partial charge < -0.3 is 25.8 Å². The lowest BCUT2D eigenvalue weighted by Gasteiger charge is -2.36. The van der Waals surface area contributed by atoms with Crippen LogP contribution in [0.5, 0.6) is 0 Å². The molecule has 1 unspecified atom stereocenters. The number of hydrogen-bond donors (Lipinski definition) is 4. The molecule has 7 heteroatoms. The Bertz CT molecular complexity index is 493. The monoisotopic (exact) mass is 311 g/mol. The summed E-state index contributed by atoms with van der Waals surface area (Å²) in [5, 5.41) is 18.5. The summed E-state index contributed by atoms with van der Waals surface area (Å²) in [7, 11) is 0. The lowest BCUT2D eigenvalue weighted by Crippen LogP contribution is -2.62. The highest BCUT2D eigenvalue weighted by atomic mass is 19.1. The fourth-order valence-electron chi connectivity index (χ4n) is 2.30. The number of carbonyl (C=O) groups excluding carboxylic acids is 1. The molecule has 1 aromatic rings. The SMILES string of the molecule is O=C(CCNCC1(CO)COCCN1)Nc1cccc(F)c1. The molecule has 0 bridgehead atoms. The molecule has 4 N–H and O–H groups in total. The number of aliphatic hydroxyl groups excluding tert-OH is 1. The Morgan fingerprint density at radius 1 is 1.50 bits per heavy atom. The maximum Gasteiger partial charge on any atom is 0.225 e.